The summed E-state index contributed by atoms with van der Waals surface area (Å²) in [6, 6.07) is 0. The van der Waals surface area contributed by atoms with Crippen molar-refractivity contribution in [2.24, 2.45) is 0 Å². The van der Waals surface area contributed by atoms with E-state index in [0.717, 1.165) is 30.3 Å². The molecule has 0 aliphatic rings. The Bertz CT molecular complexity index is 238. The molecular formula is C12H29NO3P+. The highest BCUT2D eigenvalue weighted by molar-refractivity contribution is 7.53. The molecule has 0 aromatic carbocycles. The van der Waals surface area contributed by atoms with Crippen LogP contribution in [0.5, 0.6) is 0 Å². The molecule has 4 nitrogen and oxygen atoms in total. The van der Waals surface area contributed by atoms with Gasteiger partial charge in [0.1, 0.15) is 13.2 Å². The van der Waals surface area contributed by atoms with Crippen LogP contribution >= 0.6 is 7.60 Å². The molecule has 0 N–H and O–H groups in total. The van der Waals surface area contributed by atoms with E-state index in [1.807, 2.05) is 6.92 Å². The van der Waals surface area contributed by atoms with Gasteiger partial charge in [0.2, 0.25) is 0 Å². The fourth-order valence-corrected chi connectivity index (χ4v) is 2.44. The van der Waals surface area contributed by atoms with Gasteiger partial charge < -0.3 is 13.5 Å². The predicted molar refractivity (Wildman–Crippen MR) is 72.5 cm³/mol. The van der Waals surface area contributed by atoms with Gasteiger partial charge >= 0.3 is 7.60 Å². The smallest absolute Gasteiger partial charge is 0.329 e. The zero-order valence-electron chi connectivity index (χ0n) is 12.1. The Labute approximate surface area is 106 Å². The second-order valence-electron chi connectivity index (χ2n) is 5.31. The van der Waals surface area contributed by atoms with Gasteiger partial charge in [0.25, 0.3) is 0 Å². The second kappa shape index (κ2) is 8.25. The van der Waals surface area contributed by atoms with E-state index in [1.54, 1.807) is 0 Å². The number of likely N-dealkylation sites (N-methyl/N-ethyl adjacent to an activating group) is 1. The van der Waals surface area contributed by atoms with Crippen LogP contribution in [0, 0.1) is 0 Å². The molecule has 0 aliphatic heterocycles. The largest absolute Gasteiger partial charge is 0.330 e. The monoisotopic (exact) mass is 266 g/mol. The van der Waals surface area contributed by atoms with Crippen LogP contribution in [0.4, 0.5) is 0 Å². The number of unbranched alkanes of at least 4 members (excludes halogenated alkanes) is 2. The van der Waals surface area contributed by atoms with E-state index in [9.17, 15) is 4.57 Å². The van der Waals surface area contributed by atoms with Gasteiger partial charge in [-0.2, -0.15) is 0 Å². The fourth-order valence-electron chi connectivity index (χ4n) is 1.23. The lowest BCUT2D eigenvalue weighted by Gasteiger charge is -2.25. The van der Waals surface area contributed by atoms with Crippen LogP contribution in [0.15, 0.2) is 0 Å². The third-order valence-electron chi connectivity index (χ3n) is 2.47. The maximum Gasteiger partial charge on any atom is 0.330 e. The van der Waals surface area contributed by atoms with Crippen molar-refractivity contribution < 1.29 is 18.1 Å². The number of hydrogen-bond acceptors (Lipinski definition) is 3. The summed E-state index contributed by atoms with van der Waals surface area (Å²) in [5, 5.41) is 0. The van der Waals surface area contributed by atoms with Crippen LogP contribution < -0.4 is 0 Å². The maximum absolute atomic E-state index is 12.2. The third-order valence-corrected chi connectivity index (χ3v) is 4.40. The SMILES string of the molecule is CCCCCOP(=O)(CC)OCC[N+](C)(C)C. The molecule has 1 unspecified atom stereocenters. The molecule has 0 saturated carbocycles. The molecule has 0 aromatic rings. The Hall–Kier alpha value is 0.110. The lowest BCUT2D eigenvalue weighted by Crippen LogP contribution is -2.37. The van der Waals surface area contributed by atoms with E-state index in [0.29, 0.717) is 19.4 Å². The fraction of sp³-hybridized carbons (Fsp3) is 1.00. The van der Waals surface area contributed by atoms with E-state index < -0.39 is 7.60 Å². The minimum absolute atomic E-state index is 0.455. The summed E-state index contributed by atoms with van der Waals surface area (Å²) in [5.41, 5.74) is 0. The van der Waals surface area contributed by atoms with Gasteiger partial charge in [0, 0.05) is 6.16 Å². The van der Waals surface area contributed by atoms with Crippen molar-refractivity contribution in [1.29, 1.82) is 0 Å². The zero-order valence-corrected chi connectivity index (χ0v) is 13.0. The number of hydrogen-bond donors (Lipinski definition) is 0. The zero-order chi connectivity index (χ0) is 13.4. The van der Waals surface area contributed by atoms with Crippen LogP contribution in [0.25, 0.3) is 0 Å². The van der Waals surface area contributed by atoms with E-state index in [-0.39, 0.29) is 0 Å². The average molecular weight is 266 g/mol. The Morgan fingerprint density at radius 2 is 1.59 bits per heavy atom. The molecule has 1 atom stereocenters. The van der Waals surface area contributed by atoms with Crippen LogP contribution in [0.1, 0.15) is 33.1 Å². The van der Waals surface area contributed by atoms with Gasteiger partial charge in [-0.05, 0) is 6.42 Å². The van der Waals surface area contributed by atoms with Crippen LogP contribution in [-0.4, -0.2) is 51.5 Å². The quantitative estimate of drug-likeness (QED) is 0.346. The van der Waals surface area contributed by atoms with Crippen molar-refractivity contribution in [1.82, 2.24) is 0 Å². The van der Waals surface area contributed by atoms with Gasteiger partial charge in [-0.25, -0.2) is 0 Å². The molecule has 0 bridgehead atoms. The summed E-state index contributed by atoms with van der Waals surface area (Å²) >= 11 is 0. The average Bonchev–Trinajstić information content (AvgIpc) is 2.23. The first-order valence-corrected chi connectivity index (χ1v) is 8.24. The third kappa shape index (κ3) is 9.78. The van der Waals surface area contributed by atoms with Crippen molar-refractivity contribution in [2.75, 3.05) is 47.1 Å². The van der Waals surface area contributed by atoms with Crippen LogP contribution in [0.2, 0.25) is 0 Å². The molecule has 0 radical (unpaired) electrons. The molecule has 0 fully saturated rings. The van der Waals surface area contributed by atoms with Crippen molar-refractivity contribution >= 4 is 7.60 Å². The molecular weight excluding hydrogens is 237 g/mol. The van der Waals surface area contributed by atoms with Crippen LogP contribution in [-0.2, 0) is 13.6 Å². The van der Waals surface area contributed by atoms with Crippen molar-refractivity contribution in [3.63, 3.8) is 0 Å². The molecule has 0 aliphatic carbocycles. The molecule has 0 saturated heterocycles. The van der Waals surface area contributed by atoms with Gasteiger partial charge in [-0.1, -0.05) is 26.7 Å². The van der Waals surface area contributed by atoms with Gasteiger partial charge in [0.05, 0.1) is 27.7 Å². The molecule has 17 heavy (non-hydrogen) atoms. The first-order valence-electron chi connectivity index (χ1n) is 6.51. The summed E-state index contributed by atoms with van der Waals surface area (Å²) in [6.07, 6.45) is 3.67. The minimum atomic E-state index is -2.84. The lowest BCUT2D eigenvalue weighted by atomic mass is 10.3. The highest BCUT2D eigenvalue weighted by Gasteiger charge is 2.22. The maximum atomic E-state index is 12.2. The molecule has 0 rings (SSSR count). The summed E-state index contributed by atoms with van der Waals surface area (Å²) in [5.74, 6) is 0. The van der Waals surface area contributed by atoms with E-state index >= 15 is 0 Å². The molecule has 5 heteroatoms. The topological polar surface area (TPSA) is 35.5 Å². The highest BCUT2D eigenvalue weighted by Crippen LogP contribution is 2.47. The normalized spacial score (nSPS) is 15.8. The van der Waals surface area contributed by atoms with Crippen molar-refractivity contribution in [2.45, 2.75) is 33.1 Å². The molecule has 104 valence electrons. The molecule has 0 heterocycles. The highest BCUT2D eigenvalue weighted by atomic mass is 31.2. The first kappa shape index (κ1) is 17.1. The Kier molecular flexibility index (Phi) is 8.31. The second-order valence-corrected chi connectivity index (χ2v) is 7.69. The summed E-state index contributed by atoms with van der Waals surface area (Å²) < 4.78 is 23.9. The van der Waals surface area contributed by atoms with E-state index in [1.165, 1.54) is 0 Å². The van der Waals surface area contributed by atoms with Gasteiger partial charge in [-0.15, -0.1) is 0 Å². The summed E-state index contributed by atoms with van der Waals surface area (Å²) in [4.78, 5) is 0. The summed E-state index contributed by atoms with van der Waals surface area (Å²) in [6.45, 7) is 5.86. The van der Waals surface area contributed by atoms with Gasteiger partial charge in [0.15, 0.2) is 0 Å². The standard InChI is InChI=1S/C12H29NO3P/c1-6-8-9-11-15-17(14,7-2)16-12-10-13(3,4)5/h6-12H2,1-5H3/q+1. The Balaban J connectivity index is 3.89. The van der Waals surface area contributed by atoms with Gasteiger partial charge in [-0.3, -0.25) is 4.57 Å². The van der Waals surface area contributed by atoms with E-state index in [4.69, 9.17) is 9.05 Å². The Morgan fingerprint density at radius 1 is 1.00 bits per heavy atom. The molecule has 0 aromatic heterocycles. The van der Waals surface area contributed by atoms with E-state index in [2.05, 4.69) is 28.1 Å². The lowest BCUT2D eigenvalue weighted by molar-refractivity contribution is -0.870. The van der Waals surface area contributed by atoms with Crippen molar-refractivity contribution in [3.05, 3.63) is 0 Å². The van der Waals surface area contributed by atoms with Crippen LogP contribution in [0.3, 0.4) is 0 Å². The number of quaternary nitrogens is 1. The minimum Gasteiger partial charge on any atom is -0.329 e. The van der Waals surface area contributed by atoms with Crippen molar-refractivity contribution in [3.8, 4) is 0 Å². The number of rotatable bonds is 10. The molecule has 0 spiro atoms. The number of nitrogens with zero attached hydrogens (tertiary/aromatic N) is 1. The molecule has 0 amide bonds. The predicted octanol–water partition coefficient (Wildman–Crippen LogP) is 3.13. The Morgan fingerprint density at radius 3 is 2.06 bits per heavy atom. The first-order chi connectivity index (χ1) is 7.83. The summed E-state index contributed by atoms with van der Waals surface area (Å²) in [7, 11) is 3.42.